The minimum absolute atomic E-state index is 0.750. The maximum Gasteiger partial charge on any atom is 0.283 e. The van der Waals surface area contributed by atoms with E-state index in [1.54, 1.807) is 0 Å². The number of nitrogens with two attached hydrogens (primary N) is 1. The van der Waals surface area contributed by atoms with E-state index in [1.807, 2.05) is 31.2 Å². The SMILES string of the molecule is Cc1ccccc1N.N#CO.N#CO. The van der Waals surface area contributed by atoms with E-state index >= 15 is 0 Å². The van der Waals surface area contributed by atoms with Gasteiger partial charge in [-0.2, -0.15) is 10.5 Å². The van der Waals surface area contributed by atoms with Crippen LogP contribution in [-0.4, -0.2) is 10.2 Å². The van der Waals surface area contributed by atoms with Crippen molar-refractivity contribution >= 4 is 5.69 Å². The van der Waals surface area contributed by atoms with Gasteiger partial charge in [0.05, 0.1) is 0 Å². The number of nitriles is 2. The molecule has 5 nitrogen and oxygen atoms in total. The summed E-state index contributed by atoms with van der Waals surface area (Å²) in [7, 11) is 0. The molecule has 0 bridgehead atoms. The van der Waals surface area contributed by atoms with E-state index in [4.69, 9.17) is 26.5 Å². The standard InChI is InChI=1S/C7H9N.2CHNO/c1-6-4-2-3-5-7(6)8;2*2-1-3/h2-5H,8H2,1H3;2*3H. The first-order valence-corrected chi connectivity index (χ1v) is 3.51. The molecule has 0 amide bonds. The Morgan fingerprint density at radius 3 is 1.71 bits per heavy atom. The summed E-state index contributed by atoms with van der Waals surface area (Å²) in [5.41, 5.74) is 7.53. The lowest BCUT2D eigenvalue weighted by molar-refractivity contribution is 0.502. The van der Waals surface area contributed by atoms with Crippen LogP contribution < -0.4 is 5.73 Å². The fourth-order valence-electron chi connectivity index (χ4n) is 0.587. The number of aliphatic hydroxyl groups is 2. The van der Waals surface area contributed by atoms with Crippen LogP contribution in [0.3, 0.4) is 0 Å². The lowest BCUT2D eigenvalue weighted by Crippen LogP contribution is -1.85. The molecule has 0 atom stereocenters. The third kappa shape index (κ3) is 9.60. The van der Waals surface area contributed by atoms with Crippen LogP contribution in [0.1, 0.15) is 5.56 Å². The average molecular weight is 193 g/mol. The molecule has 1 aromatic rings. The lowest BCUT2D eigenvalue weighted by Gasteiger charge is -1.93. The second-order valence-electron chi connectivity index (χ2n) is 2.06. The van der Waals surface area contributed by atoms with Crippen molar-refractivity contribution in [1.82, 2.24) is 0 Å². The number of hydrogen-bond acceptors (Lipinski definition) is 5. The van der Waals surface area contributed by atoms with E-state index in [1.165, 1.54) is 0 Å². The van der Waals surface area contributed by atoms with E-state index < -0.39 is 0 Å². The minimum Gasteiger partial charge on any atom is -0.443 e. The van der Waals surface area contributed by atoms with E-state index in [9.17, 15) is 0 Å². The summed E-state index contributed by atoms with van der Waals surface area (Å²) in [5.74, 6) is 0. The van der Waals surface area contributed by atoms with Gasteiger partial charge in [-0.1, -0.05) is 18.2 Å². The Morgan fingerprint density at radius 2 is 1.50 bits per heavy atom. The van der Waals surface area contributed by atoms with Crippen LogP contribution in [0.15, 0.2) is 24.3 Å². The summed E-state index contributed by atoms with van der Waals surface area (Å²) in [4.78, 5) is 0. The van der Waals surface area contributed by atoms with Crippen molar-refractivity contribution < 1.29 is 10.2 Å². The van der Waals surface area contributed by atoms with Gasteiger partial charge in [-0.05, 0) is 18.6 Å². The molecule has 0 saturated heterocycles. The van der Waals surface area contributed by atoms with E-state index in [2.05, 4.69) is 0 Å². The van der Waals surface area contributed by atoms with Crippen molar-refractivity contribution in [3.05, 3.63) is 29.8 Å². The second kappa shape index (κ2) is 10.6. The highest BCUT2D eigenvalue weighted by Gasteiger charge is 1.84. The molecule has 0 spiro atoms. The first kappa shape index (κ1) is 14.1. The second-order valence-corrected chi connectivity index (χ2v) is 2.06. The van der Waals surface area contributed by atoms with Crippen LogP contribution in [0.2, 0.25) is 0 Å². The Hall–Kier alpha value is -2.40. The van der Waals surface area contributed by atoms with E-state index in [-0.39, 0.29) is 0 Å². The summed E-state index contributed by atoms with van der Waals surface area (Å²) in [6, 6.07) is 7.80. The molecule has 0 unspecified atom stereocenters. The summed E-state index contributed by atoms with van der Waals surface area (Å²) in [5, 5.41) is 27.5. The molecule has 74 valence electrons. The highest BCUT2D eigenvalue weighted by molar-refractivity contribution is 5.44. The van der Waals surface area contributed by atoms with Gasteiger partial charge in [-0.25, -0.2) is 0 Å². The smallest absolute Gasteiger partial charge is 0.283 e. The van der Waals surface area contributed by atoms with Crippen molar-refractivity contribution in [1.29, 1.82) is 10.5 Å². The number of nitrogen functional groups attached to an aromatic ring is 1. The van der Waals surface area contributed by atoms with Crippen molar-refractivity contribution in [2.45, 2.75) is 6.92 Å². The molecule has 0 radical (unpaired) electrons. The van der Waals surface area contributed by atoms with Gasteiger partial charge in [0.25, 0.3) is 12.5 Å². The maximum absolute atomic E-state index is 6.88. The monoisotopic (exact) mass is 193 g/mol. The van der Waals surface area contributed by atoms with E-state index in [0.717, 1.165) is 23.8 Å². The summed E-state index contributed by atoms with van der Waals surface area (Å²) >= 11 is 0. The highest BCUT2D eigenvalue weighted by Crippen LogP contribution is 2.06. The molecule has 0 fully saturated rings. The lowest BCUT2D eigenvalue weighted by atomic mass is 10.2. The van der Waals surface area contributed by atoms with Gasteiger partial charge < -0.3 is 15.9 Å². The van der Waals surface area contributed by atoms with Gasteiger partial charge in [-0.15, -0.1) is 0 Å². The zero-order valence-electron chi connectivity index (χ0n) is 7.68. The normalized spacial score (nSPS) is 6.21. The molecule has 0 aromatic heterocycles. The topological polar surface area (TPSA) is 114 Å². The van der Waals surface area contributed by atoms with Crippen LogP contribution in [0, 0.1) is 30.0 Å². The van der Waals surface area contributed by atoms with E-state index in [0.29, 0.717) is 0 Å². The Balaban J connectivity index is 0. The molecule has 4 N–H and O–H groups in total. The zero-order chi connectivity index (χ0) is 11.4. The van der Waals surface area contributed by atoms with Gasteiger partial charge in [-0.3, -0.25) is 0 Å². The molecule has 0 saturated carbocycles. The molecule has 0 aliphatic rings. The van der Waals surface area contributed by atoms with Crippen LogP contribution in [0.4, 0.5) is 5.69 Å². The van der Waals surface area contributed by atoms with Crippen molar-refractivity contribution in [3.63, 3.8) is 0 Å². The van der Waals surface area contributed by atoms with Crippen molar-refractivity contribution in [3.8, 4) is 12.5 Å². The Labute approximate surface area is 82.3 Å². The number of para-hydroxylation sites is 1. The number of benzene rings is 1. The first-order chi connectivity index (χ1) is 6.63. The van der Waals surface area contributed by atoms with Crippen molar-refractivity contribution in [2.75, 3.05) is 5.73 Å². The maximum atomic E-state index is 6.88. The van der Waals surface area contributed by atoms with Crippen LogP contribution in [0.25, 0.3) is 0 Å². The van der Waals surface area contributed by atoms with Crippen LogP contribution >= 0.6 is 0 Å². The Kier molecular flexibility index (Phi) is 10.7. The number of hydrogen-bond donors (Lipinski definition) is 3. The summed E-state index contributed by atoms with van der Waals surface area (Å²) in [6.45, 7) is 2.00. The molecule has 0 heterocycles. The van der Waals surface area contributed by atoms with Gasteiger partial charge in [0.15, 0.2) is 0 Å². The van der Waals surface area contributed by atoms with Gasteiger partial charge in [0.1, 0.15) is 0 Å². The highest BCUT2D eigenvalue weighted by atomic mass is 16.2. The largest absolute Gasteiger partial charge is 0.443 e. The summed E-state index contributed by atoms with van der Waals surface area (Å²) in [6.07, 6.45) is 1.50. The van der Waals surface area contributed by atoms with Gasteiger partial charge >= 0.3 is 0 Å². The fraction of sp³-hybridized carbons (Fsp3) is 0.111. The number of aryl methyl sites for hydroxylation is 1. The summed E-state index contributed by atoms with van der Waals surface area (Å²) < 4.78 is 0. The van der Waals surface area contributed by atoms with Gasteiger partial charge in [0, 0.05) is 5.69 Å². The van der Waals surface area contributed by atoms with Crippen molar-refractivity contribution in [2.24, 2.45) is 0 Å². The molecular weight excluding hydrogens is 182 g/mol. The molecule has 14 heavy (non-hydrogen) atoms. The molecule has 5 heteroatoms. The molecule has 1 aromatic carbocycles. The van der Waals surface area contributed by atoms with Gasteiger partial charge in [0.2, 0.25) is 0 Å². The van der Waals surface area contributed by atoms with Crippen LogP contribution in [-0.2, 0) is 0 Å². The Bertz CT molecular complexity index is 293. The number of aliphatic hydroxyl groups excluding tert-OH is 2. The fourth-order valence-corrected chi connectivity index (χ4v) is 0.587. The Morgan fingerprint density at radius 1 is 1.14 bits per heavy atom. The minimum atomic E-state index is 0.750. The average Bonchev–Trinajstić information content (AvgIpc) is 2.13. The zero-order valence-corrected chi connectivity index (χ0v) is 7.68. The third-order valence-electron chi connectivity index (χ3n) is 1.19. The number of anilines is 1. The predicted molar refractivity (Wildman–Crippen MR) is 50.7 cm³/mol. The molecule has 0 aliphatic carbocycles. The first-order valence-electron chi connectivity index (χ1n) is 3.51. The number of rotatable bonds is 0. The quantitative estimate of drug-likeness (QED) is 0.424. The molecule has 1 rings (SSSR count). The third-order valence-corrected chi connectivity index (χ3v) is 1.19. The molecular formula is C9H11N3O2. The van der Waals surface area contributed by atoms with Crippen LogP contribution in [0.5, 0.6) is 0 Å². The predicted octanol–water partition coefficient (Wildman–Crippen LogP) is 1.26. The number of nitrogens with zero attached hydrogens (tertiary/aromatic N) is 2. The molecule has 0 aliphatic heterocycles.